The number of rotatable bonds is 4. The Morgan fingerprint density at radius 3 is 2.71 bits per heavy atom. The van der Waals surface area contributed by atoms with Gasteiger partial charge in [-0.15, -0.1) is 0 Å². The van der Waals surface area contributed by atoms with E-state index in [1.807, 2.05) is 30.3 Å². The maximum Gasteiger partial charge on any atom is 0.329 e. The lowest BCUT2D eigenvalue weighted by Crippen LogP contribution is -2.56. The molecule has 0 bridgehead atoms. The molecule has 1 saturated heterocycles. The summed E-state index contributed by atoms with van der Waals surface area (Å²) in [6, 6.07) is 9.23. The first-order valence-corrected chi connectivity index (χ1v) is 5.72. The van der Waals surface area contributed by atoms with Crippen molar-refractivity contribution in [1.29, 1.82) is 0 Å². The number of amides is 1. The molecule has 1 heterocycles. The summed E-state index contributed by atoms with van der Waals surface area (Å²) in [5.41, 5.74) is 1.02. The highest BCUT2D eigenvalue weighted by Gasteiger charge is 2.41. The van der Waals surface area contributed by atoms with Crippen molar-refractivity contribution < 1.29 is 14.3 Å². The molecule has 1 aliphatic rings. The molecule has 17 heavy (non-hydrogen) atoms. The summed E-state index contributed by atoms with van der Waals surface area (Å²) >= 11 is 0. The summed E-state index contributed by atoms with van der Waals surface area (Å²) in [4.78, 5) is 24.6. The second-order valence-corrected chi connectivity index (χ2v) is 3.98. The molecule has 0 aliphatic carbocycles. The van der Waals surface area contributed by atoms with E-state index in [1.54, 1.807) is 11.8 Å². The highest BCUT2D eigenvalue weighted by molar-refractivity contribution is 5.94. The van der Waals surface area contributed by atoms with Gasteiger partial charge in [0.25, 0.3) is 0 Å². The molecule has 4 heteroatoms. The maximum atomic E-state index is 11.6. The van der Waals surface area contributed by atoms with Crippen LogP contribution in [0.2, 0.25) is 0 Å². The van der Waals surface area contributed by atoms with Gasteiger partial charge >= 0.3 is 5.97 Å². The van der Waals surface area contributed by atoms with Gasteiger partial charge in [-0.05, 0) is 12.5 Å². The number of benzene rings is 1. The molecule has 0 aromatic heterocycles. The van der Waals surface area contributed by atoms with Crippen LogP contribution in [-0.4, -0.2) is 29.4 Å². The molecular weight excluding hydrogens is 218 g/mol. The van der Waals surface area contributed by atoms with Crippen molar-refractivity contribution in [2.24, 2.45) is 0 Å². The van der Waals surface area contributed by atoms with Gasteiger partial charge in [0.15, 0.2) is 0 Å². The summed E-state index contributed by atoms with van der Waals surface area (Å²) in [5.74, 6) is -0.296. The number of likely N-dealkylation sites (tertiary alicyclic amines) is 1. The van der Waals surface area contributed by atoms with Gasteiger partial charge in [0.05, 0.1) is 13.0 Å². The predicted molar refractivity (Wildman–Crippen MR) is 62.0 cm³/mol. The minimum absolute atomic E-state index is 0.00639. The van der Waals surface area contributed by atoms with Gasteiger partial charge in [0, 0.05) is 6.54 Å². The van der Waals surface area contributed by atoms with Gasteiger partial charge in [-0.25, -0.2) is 4.79 Å². The van der Waals surface area contributed by atoms with Gasteiger partial charge in [-0.2, -0.15) is 0 Å². The molecular formula is C13H15NO3. The number of esters is 1. The van der Waals surface area contributed by atoms with Crippen LogP contribution < -0.4 is 0 Å². The summed E-state index contributed by atoms with van der Waals surface area (Å²) in [6.07, 6.45) is 0.270. The highest BCUT2D eigenvalue weighted by atomic mass is 16.5. The van der Waals surface area contributed by atoms with E-state index in [1.165, 1.54) is 0 Å². The molecule has 1 amide bonds. The molecule has 0 radical (unpaired) electrons. The lowest BCUT2D eigenvalue weighted by atomic mass is 10.0. The summed E-state index contributed by atoms with van der Waals surface area (Å²) in [5, 5.41) is 0. The van der Waals surface area contributed by atoms with Crippen LogP contribution in [0.4, 0.5) is 0 Å². The standard InChI is InChI=1S/C13H15NO3/c1-2-17-13(16)11-8-12(15)14(11)9-10-6-4-3-5-7-10/h3-7,11H,2,8-9H2,1H3. The largest absolute Gasteiger partial charge is 0.464 e. The van der Waals surface area contributed by atoms with Crippen LogP contribution in [0.5, 0.6) is 0 Å². The van der Waals surface area contributed by atoms with Crippen LogP contribution in [0.25, 0.3) is 0 Å². The summed E-state index contributed by atoms with van der Waals surface area (Å²) in [6.45, 7) is 2.59. The molecule has 90 valence electrons. The van der Waals surface area contributed by atoms with Crippen LogP contribution in [0.1, 0.15) is 18.9 Å². The molecule has 0 saturated carbocycles. The number of carbonyl (C=O) groups is 2. The van der Waals surface area contributed by atoms with E-state index in [9.17, 15) is 9.59 Å². The number of carbonyl (C=O) groups excluding carboxylic acids is 2. The third kappa shape index (κ3) is 2.46. The molecule has 0 N–H and O–H groups in total. The van der Waals surface area contributed by atoms with Gasteiger partial charge in [0.2, 0.25) is 5.91 Å². The lowest BCUT2D eigenvalue weighted by Gasteiger charge is -2.38. The summed E-state index contributed by atoms with van der Waals surface area (Å²) < 4.78 is 4.93. The fourth-order valence-electron chi connectivity index (χ4n) is 1.88. The van der Waals surface area contributed by atoms with Gasteiger partial charge in [0.1, 0.15) is 6.04 Å². The minimum Gasteiger partial charge on any atom is -0.464 e. The van der Waals surface area contributed by atoms with E-state index in [0.29, 0.717) is 13.2 Å². The number of ether oxygens (including phenoxy) is 1. The third-order valence-electron chi connectivity index (χ3n) is 2.82. The van der Waals surface area contributed by atoms with E-state index in [4.69, 9.17) is 4.74 Å². The van der Waals surface area contributed by atoms with Crippen LogP contribution >= 0.6 is 0 Å². The van der Waals surface area contributed by atoms with E-state index in [-0.39, 0.29) is 18.3 Å². The van der Waals surface area contributed by atoms with Crippen molar-refractivity contribution in [2.45, 2.75) is 25.9 Å². The fraction of sp³-hybridized carbons (Fsp3) is 0.385. The topological polar surface area (TPSA) is 46.6 Å². The Morgan fingerprint density at radius 1 is 1.41 bits per heavy atom. The molecule has 1 aliphatic heterocycles. The normalized spacial score (nSPS) is 18.8. The SMILES string of the molecule is CCOC(=O)C1CC(=O)N1Cc1ccccc1. The molecule has 1 aromatic rings. The zero-order valence-corrected chi connectivity index (χ0v) is 9.76. The third-order valence-corrected chi connectivity index (χ3v) is 2.82. The van der Waals surface area contributed by atoms with Crippen LogP contribution in [0, 0.1) is 0 Å². The highest BCUT2D eigenvalue weighted by Crippen LogP contribution is 2.23. The fourth-order valence-corrected chi connectivity index (χ4v) is 1.88. The Bertz CT molecular complexity index is 416. The molecule has 1 atom stereocenters. The van der Waals surface area contributed by atoms with Gasteiger partial charge in [-0.1, -0.05) is 30.3 Å². The number of hydrogen-bond acceptors (Lipinski definition) is 3. The van der Waals surface area contributed by atoms with E-state index in [2.05, 4.69) is 0 Å². The molecule has 0 spiro atoms. The number of nitrogens with zero attached hydrogens (tertiary/aromatic N) is 1. The van der Waals surface area contributed by atoms with Crippen molar-refractivity contribution in [3.05, 3.63) is 35.9 Å². The average molecular weight is 233 g/mol. The monoisotopic (exact) mass is 233 g/mol. The van der Waals surface area contributed by atoms with Crippen molar-refractivity contribution in [2.75, 3.05) is 6.61 Å². The number of β-lactam (4-membered cyclic amide) rings is 1. The van der Waals surface area contributed by atoms with Crippen molar-refractivity contribution >= 4 is 11.9 Å². The quantitative estimate of drug-likeness (QED) is 0.582. The first-order valence-electron chi connectivity index (χ1n) is 5.72. The van der Waals surface area contributed by atoms with E-state index in [0.717, 1.165) is 5.56 Å². The van der Waals surface area contributed by atoms with Crippen LogP contribution in [-0.2, 0) is 20.9 Å². The smallest absolute Gasteiger partial charge is 0.329 e. The predicted octanol–water partition coefficient (Wildman–Crippen LogP) is 1.35. The second kappa shape index (κ2) is 4.99. The minimum atomic E-state index is -0.400. The Balaban J connectivity index is 2.00. The van der Waals surface area contributed by atoms with Gasteiger partial charge < -0.3 is 9.64 Å². The van der Waals surface area contributed by atoms with Crippen molar-refractivity contribution in [3.63, 3.8) is 0 Å². The zero-order valence-electron chi connectivity index (χ0n) is 9.76. The molecule has 1 aromatic carbocycles. The molecule has 2 rings (SSSR count). The Morgan fingerprint density at radius 2 is 2.12 bits per heavy atom. The number of hydrogen-bond donors (Lipinski definition) is 0. The Kier molecular flexibility index (Phi) is 3.42. The van der Waals surface area contributed by atoms with Crippen LogP contribution in [0.15, 0.2) is 30.3 Å². The molecule has 1 fully saturated rings. The first kappa shape index (κ1) is 11.6. The van der Waals surface area contributed by atoms with Crippen LogP contribution in [0.3, 0.4) is 0 Å². The average Bonchev–Trinajstić information content (AvgIpc) is 2.34. The Labute approximate surface area is 100 Å². The van der Waals surface area contributed by atoms with Crippen molar-refractivity contribution in [1.82, 2.24) is 4.90 Å². The molecule has 1 unspecified atom stereocenters. The Hall–Kier alpha value is -1.84. The lowest BCUT2D eigenvalue weighted by molar-refractivity contribution is -0.166. The van der Waals surface area contributed by atoms with E-state index < -0.39 is 6.04 Å². The van der Waals surface area contributed by atoms with Gasteiger partial charge in [-0.3, -0.25) is 4.79 Å². The molecule has 4 nitrogen and oxygen atoms in total. The second-order valence-electron chi connectivity index (χ2n) is 3.98. The zero-order chi connectivity index (χ0) is 12.3. The maximum absolute atomic E-state index is 11.6. The summed E-state index contributed by atoms with van der Waals surface area (Å²) in [7, 11) is 0. The van der Waals surface area contributed by atoms with Crippen molar-refractivity contribution in [3.8, 4) is 0 Å². The first-order chi connectivity index (χ1) is 8.22. The van der Waals surface area contributed by atoms with E-state index >= 15 is 0 Å².